The Morgan fingerprint density at radius 1 is 1.26 bits per heavy atom. The number of imide groups is 1. The van der Waals surface area contributed by atoms with Gasteiger partial charge in [0.1, 0.15) is 21.8 Å². The summed E-state index contributed by atoms with van der Waals surface area (Å²) in [6, 6.07) is 1.43. The molecule has 0 saturated heterocycles. The number of nitrogens with zero attached hydrogens (tertiary/aromatic N) is 3. The number of anilines is 1. The molecule has 35 heavy (non-hydrogen) atoms. The summed E-state index contributed by atoms with van der Waals surface area (Å²) in [6.45, 7) is 6.67. The summed E-state index contributed by atoms with van der Waals surface area (Å²) >= 11 is 12.3. The maximum Gasteiger partial charge on any atom is 0.414 e. The highest BCUT2D eigenvalue weighted by Gasteiger charge is 2.26. The number of hydrogen-bond donors (Lipinski definition) is 5. The number of aromatic nitrogens is 2. The molecule has 5 N–H and O–H groups in total. The largest absolute Gasteiger partial charge is 0.504 e. The van der Waals surface area contributed by atoms with Crippen molar-refractivity contribution in [1.82, 2.24) is 15.5 Å². The second-order valence-electron chi connectivity index (χ2n) is 7.04. The van der Waals surface area contributed by atoms with Crippen molar-refractivity contribution in [3.8, 4) is 29.2 Å². The average Bonchev–Trinajstić information content (AvgIpc) is 2.79. The van der Waals surface area contributed by atoms with Crippen LogP contribution in [0, 0.1) is 18.3 Å². The van der Waals surface area contributed by atoms with E-state index in [0.717, 1.165) is 0 Å². The SMILES string of the molecule is CCOC(=O)NC(=O)/C(C#N)=N/Nc1c(O)c(Cl)c(Oc2n[nH]c(=O)c(C(C)C)c2C)c(Cl)c1O. The first kappa shape index (κ1) is 27.2. The quantitative estimate of drug-likeness (QED) is 0.202. The maximum absolute atomic E-state index is 12.1. The lowest BCUT2D eigenvalue weighted by molar-refractivity contribution is -0.114. The Balaban J connectivity index is 2.43. The minimum Gasteiger partial charge on any atom is -0.504 e. The summed E-state index contributed by atoms with van der Waals surface area (Å²) in [5, 5.41) is 40.4. The molecule has 2 rings (SSSR count). The lowest BCUT2D eigenvalue weighted by Gasteiger charge is -2.17. The number of halogens is 2. The Labute approximate surface area is 208 Å². The van der Waals surface area contributed by atoms with Crippen LogP contribution >= 0.6 is 23.2 Å². The van der Waals surface area contributed by atoms with Gasteiger partial charge in [0.05, 0.1) is 6.61 Å². The molecule has 2 amide bonds. The molecule has 186 valence electrons. The summed E-state index contributed by atoms with van der Waals surface area (Å²) in [5.41, 5.74) is 1.05. The molecule has 0 aliphatic heterocycles. The highest BCUT2D eigenvalue weighted by Crippen LogP contribution is 2.52. The number of nitrogens with one attached hydrogen (secondary N) is 3. The van der Waals surface area contributed by atoms with Gasteiger partial charge in [-0.15, -0.1) is 5.10 Å². The first-order valence-electron chi connectivity index (χ1n) is 9.86. The van der Waals surface area contributed by atoms with Crippen molar-refractivity contribution < 1.29 is 29.3 Å². The van der Waals surface area contributed by atoms with Crippen LogP contribution in [-0.4, -0.2) is 44.7 Å². The second-order valence-corrected chi connectivity index (χ2v) is 7.80. The van der Waals surface area contributed by atoms with E-state index in [0.29, 0.717) is 11.1 Å². The second kappa shape index (κ2) is 11.4. The molecule has 0 aliphatic rings. The van der Waals surface area contributed by atoms with Crippen LogP contribution < -0.4 is 21.0 Å². The number of ether oxygens (including phenoxy) is 2. The van der Waals surface area contributed by atoms with Gasteiger partial charge >= 0.3 is 6.09 Å². The van der Waals surface area contributed by atoms with Crippen LogP contribution in [-0.2, 0) is 9.53 Å². The van der Waals surface area contributed by atoms with Crippen molar-refractivity contribution in [2.24, 2.45) is 5.10 Å². The Morgan fingerprint density at radius 3 is 2.37 bits per heavy atom. The minimum absolute atomic E-state index is 0.0174. The van der Waals surface area contributed by atoms with Gasteiger partial charge in [0.15, 0.2) is 17.2 Å². The van der Waals surface area contributed by atoms with E-state index in [4.69, 9.17) is 33.2 Å². The van der Waals surface area contributed by atoms with E-state index in [2.05, 4.69) is 25.5 Å². The molecule has 1 aromatic carbocycles. The minimum atomic E-state index is -1.21. The van der Waals surface area contributed by atoms with Crippen LogP contribution in [0.1, 0.15) is 37.8 Å². The van der Waals surface area contributed by atoms with E-state index < -0.39 is 56.3 Å². The molecule has 0 unspecified atom stereocenters. The topological polar surface area (TPSA) is 199 Å². The molecule has 0 saturated carbocycles. The third-order valence-electron chi connectivity index (χ3n) is 4.38. The summed E-state index contributed by atoms with van der Waals surface area (Å²) < 4.78 is 10.1. The molecule has 0 aliphatic carbocycles. The van der Waals surface area contributed by atoms with Crippen LogP contribution in [0.3, 0.4) is 0 Å². The fourth-order valence-electron chi connectivity index (χ4n) is 2.82. The van der Waals surface area contributed by atoms with E-state index >= 15 is 0 Å². The van der Waals surface area contributed by atoms with Gasteiger partial charge < -0.3 is 19.7 Å². The standard InChI is InChI=1S/C20H20Cl2N6O7/c1-5-34-20(33)24-17(31)9(6-23)25-26-13-14(29)11(21)16(12(22)15(13)30)35-19-8(4)10(7(2)3)18(32)27-28-19/h7,26,29-30H,5H2,1-4H3,(H,27,32)(H,24,31,33)/b25-9+. The first-order chi connectivity index (χ1) is 16.4. The Bertz CT molecular complexity index is 1270. The monoisotopic (exact) mass is 526 g/mol. The van der Waals surface area contributed by atoms with E-state index in [-0.39, 0.29) is 18.4 Å². The smallest absolute Gasteiger partial charge is 0.414 e. The van der Waals surface area contributed by atoms with Crippen LogP contribution in [0.25, 0.3) is 0 Å². The van der Waals surface area contributed by atoms with Crippen molar-refractivity contribution in [3.05, 3.63) is 31.5 Å². The molecule has 0 atom stereocenters. The third kappa shape index (κ3) is 5.92. The van der Waals surface area contributed by atoms with Crippen LogP contribution in [0.4, 0.5) is 10.5 Å². The number of H-pyrrole nitrogens is 1. The van der Waals surface area contributed by atoms with Gasteiger partial charge in [-0.3, -0.25) is 20.3 Å². The number of alkyl carbamates (subject to hydrolysis) is 1. The maximum atomic E-state index is 12.1. The van der Waals surface area contributed by atoms with E-state index in [1.807, 2.05) is 0 Å². The van der Waals surface area contributed by atoms with Gasteiger partial charge in [0, 0.05) is 11.1 Å². The predicted octanol–water partition coefficient (Wildman–Crippen LogP) is 3.28. The van der Waals surface area contributed by atoms with Crippen molar-refractivity contribution in [2.75, 3.05) is 12.0 Å². The Hall–Kier alpha value is -4.02. The molecule has 15 heteroatoms. The van der Waals surface area contributed by atoms with Crippen LogP contribution in [0.15, 0.2) is 9.90 Å². The summed E-state index contributed by atoms with van der Waals surface area (Å²) in [5.74, 6) is -3.47. The lowest BCUT2D eigenvalue weighted by atomic mass is 10.0. The van der Waals surface area contributed by atoms with E-state index in [1.165, 1.54) is 13.0 Å². The first-order valence-corrected chi connectivity index (χ1v) is 10.6. The van der Waals surface area contributed by atoms with Gasteiger partial charge in [-0.25, -0.2) is 9.89 Å². The fourth-order valence-corrected chi connectivity index (χ4v) is 3.32. The Kier molecular flexibility index (Phi) is 8.87. The summed E-state index contributed by atoms with van der Waals surface area (Å²) in [4.78, 5) is 35.3. The number of amides is 2. The van der Waals surface area contributed by atoms with E-state index in [9.17, 15) is 24.6 Å². The van der Waals surface area contributed by atoms with Gasteiger partial charge in [0.2, 0.25) is 11.6 Å². The Morgan fingerprint density at radius 2 is 1.86 bits per heavy atom. The molecule has 0 bridgehead atoms. The van der Waals surface area contributed by atoms with E-state index in [1.54, 1.807) is 26.1 Å². The molecule has 2 aromatic rings. The number of hydrogen-bond acceptors (Lipinski definition) is 11. The lowest BCUT2D eigenvalue weighted by Crippen LogP contribution is -2.36. The number of rotatable bonds is 7. The zero-order chi connectivity index (χ0) is 26.4. The number of phenols is 2. The number of carbonyl (C=O) groups is 2. The van der Waals surface area contributed by atoms with Gasteiger partial charge in [-0.05, 0) is 19.8 Å². The molecular formula is C20H20Cl2N6O7. The summed E-state index contributed by atoms with van der Waals surface area (Å²) in [7, 11) is 0. The normalized spacial score (nSPS) is 11.1. The van der Waals surface area contributed by atoms with Crippen molar-refractivity contribution in [2.45, 2.75) is 33.6 Å². The number of aromatic hydroxyl groups is 2. The number of phenolic OH excluding ortho intramolecular Hbond substituents is 2. The number of aromatic amines is 1. The van der Waals surface area contributed by atoms with Gasteiger partial charge in [-0.2, -0.15) is 10.4 Å². The summed E-state index contributed by atoms with van der Waals surface area (Å²) in [6.07, 6.45) is -1.11. The number of benzene rings is 1. The molecular weight excluding hydrogens is 507 g/mol. The van der Waals surface area contributed by atoms with Crippen molar-refractivity contribution in [3.63, 3.8) is 0 Å². The number of carbonyl (C=O) groups excluding carboxylic acids is 2. The van der Waals surface area contributed by atoms with Gasteiger partial charge in [-0.1, -0.05) is 37.0 Å². The zero-order valence-electron chi connectivity index (χ0n) is 18.8. The average molecular weight is 527 g/mol. The fraction of sp³-hybridized carbons (Fsp3) is 0.300. The number of nitriles is 1. The highest BCUT2D eigenvalue weighted by molar-refractivity contribution is 6.47. The highest BCUT2D eigenvalue weighted by atomic mass is 35.5. The molecule has 1 aromatic heterocycles. The zero-order valence-corrected chi connectivity index (χ0v) is 20.3. The molecule has 0 spiro atoms. The molecule has 0 radical (unpaired) electrons. The van der Waals surface area contributed by atoms with Crippen LogP contribution in [0.5, 0.6) is 23.1 Å². The van der Waals surface area contributed by atoms with Crippen molar-refractivity contribution in [1.29, 1.82) is 5.26 Å². The molecule has 0 fully saturated rings. The molecule has 1 heterocycles. The predicted molar refractivity (Wildman–Crippen MR) is 125 cm³/mol. The van der Waals surface area contributed by atoms with Crippen LogP contribution in [0.2, 0.25) is 10.0 Å². The molecule has 13 nitrogen and oxygen atoms in total. The third-order valence-corrected chi connectivity index (χ3v) is 5.09. The number of hydrazone groups is 1. The van der Waals surface area contributed by atoms with Crippen molar-refractivity contribution >= 4 is 46.6 Å². The van der Waals surface area contributed by atoms with Gasteiger partial charge in [0.25, 0.3) is 11.5 Å².